The van der Waals surface area contributed by atoms with E-state index >= 15 is 0 Å². The fourth-order valence-corrected chi connectivity index (χ4v) is 1.67. The van der Waals surface area contributed by atoms with E-state index in [9.17, 15) is 9.59 Å². The summed E-state index contributed by atoms with van der Waals surface area (Å²) in [5, 5.41) is 11.1. The van der Waals surface area contributed by atoms with E-state index in [1.165, 1.54) is 0 Å². The van der Waals surface area contributed by atoms with Crippen LogP contribution in [0, 0.1) is 0 Å². The highest BCUT2D eigenvalue weighted by atomic mass is 16.7. The molecule has 2 rings (SSSR count). The maximum atomic E-state index is 11.4. The molecule has 0 aliphatic carbocycles. The van der Waals surface area contributed by atoms with Crippen molar-refractivity contribution in [3.8, 4) is 11.5 Å². The van der Waals surface area contributed by atoms with Crippen molar-refractivity contribution in [3.63, 3.8) is 0 Å². The van der Waals surface area contributed by atoms with Crippen molar-refractivity contribution in [1.82, 2.24) is 5.32 Å². The lowest BCUT2D eigenvalue weighted by Crippen LogP contribution is -2.24. The van der Waals surface area contributed by atoms with Crippen molar-refractivity contribution in [1.29, 1.82) is 0 Å². The van der Waals surface area contributed by atoms with Crippen LogP contribution in [-0.2, 0) is 9.59 Å². The van der Waals surface area contributed by atoms with Crippen molar-refractivity contribution in [2.75, 3.05) is 6.79 Å². The van der Waals surface area contributed by atoms with E-state index in [1.807, 2.05) is 6.07 Å². The molecule has 1 aliphatic heterocycles. The molecule has 100 valence electrons. The molecule has 0 fully saturated rings. The molecule has 0 spiro atoms. The van der Waals surface area contributed by atoms with Crippen LogP contribution in [0.4, 0.5) is 0 Å². The Labute approximate surface area is 109 Å². The van der Waals surface area contributed by atoms with E-state index in [0.29, 0.717) is 11.5 Å². The van der Waals surface area contributed by atoms with Crippen LogP contribution in [0.3, 0.4) is 0 Å². The molecular formula is C13H13NO5. The van der Waals surface area contributed by atoms with Crippen molar-refractivity contribution >= 4 is 11.9 Å². The van der Waals surface area contributed by atoms with Gasteiger partial charge in [0.1, 0.15) is 0 Å². The number of nitrogens with one attached hydrogen (secondary N) is 1. The first-order valence-electron chi connectivity index (χ1n) is 5.67. The standard InChI is InChI=1S/C13H13NO5/c1-8(14-12(15)4-5-13(16)17)9-2-3-10-11(6-9)19-7-18-10/h2-6,8H,7H2,1H3,(H,14,15)(H,16,17)/b5-4+. The molecule has 1 aromatic rings. The summed E-state index contributed by atoms with van der Waals surface area (Å²) < 4.78 is 10.4. The van der Waals surface area contributed by atoms with Gasteiger partial charge in [-0.3, -0.25) is 4.79 Å². The van der Waals surface area contributed by atoms with Gasteiger partial charge in [0.15, 0.2) is 11.5 Å². The molecule has 1 aromatic carbocycles. The Morgan fingerprint density at radius 2 is 2.05 bits per heavy atom. The summed E-state index contributed by atoms with van der Waals surface area (Å²) in [7, 11) is 0. The Morgan fingerprint density at radius 1 is 1.32 bits per heavy atom. The fraction of sp³-hybridized carbons (Fsp3) is 0.231. The summed E-state index contributed by atoms with van der Waals surface area (Å²) in [5.41, 5.74) is 0.848. The molecule has 1 amide bonds. The summed E-state index contributed by atoms with van der Waals surface area (Å²) in [5.74, 6) is -0.314. The normalized spacial score (nSPS) is 14.4. The third-order valence-electron chi connectivity index (χ3n) is 2.63. The van der Waals surface area contributed by atoms with Crippen LogP contribution in [0.5, 0.6) is 11.5 Å². The molecular weight excluding hydrogens is 250 g/mol. The first kappa shape index (κ1) is 12.9. The zero-order valence-corrected chi connectivity index (χ0v) is 10.3. The molecule has 1 unspecified atom stereocenters. The zero-order valence-electron chi connectivity index (χ0n) is 10.3. The Morgan fingerprint density at radius 3 is 2.79 bits per heavy atom. The number of fused-ring (bicyclic) bond motifs is 1. The Hall–Kier alpha value is -2.50. The number of carboxylic acid groups (broad SMARTS) is 1. The van der Waals surface area contributed by atoms with Gasteiger partial charge in [-0.15, -0.1) is 0 Å². The molecule has 6 heteroatoms. The number of carbonyl (C=O) groups is 2. The maximum Gasteiger partial charge on any atom is 0.328 e. The average molecular weight is 263 g/mol. The fourth-order valence-electron chi connectivity index (χ4n) is 1.67. The van der Waals surface area contributed by atoms with Crippen molar-refractivity contribution in [2.45, 2.75) is 13.0 Å². The first-order chi connectivity index (χ1) is 9.06. The molecule has 0 radical (unpaired) electrons. The van der Waals surface area contributed by atoms with Crippen molar-refractivity contribution in [2.24, 2.45) is 0 Å². The third-order valence-corrected chi connectivity index (χ3v) is 2.63. The van der Waals surface area contributed by atoms with Gasteiger partial charge in [-0.25, -0.2) is 4.79 Å². The van der Waals surface area contributed by atoms with E-state index in [2.05, 4.69) is 5.32 Å². The van der Waals surface area contributed by atoms with Crippen LogP contribution >= 0.6 is 0 Å². The molecule has 1 atom stereocenters. The number of carboxylic acids is 1. The zero-order chi connectivity index (χ0) is 13.8. The highest BCUT2D eigenvalue weighted by molar-refractivity contribution is 5.94. The Balaban J connectivity index is 2.02. The van der Waals surface area contributed by atoms with Gasteiger partial charge in [0.2, 0.25) is 12.7 Å². The number of ether oxygens (including phenoxy) is 2. The topological polar surface area (TPSA) is 84.9 Å². The van der Waals surface area contributed by atoms with Gasteiger partial charge in [-0.1, -0.05) is 6.07 Å². The van der Waals surface area contributed by atoms with Crippen molar-refractivity contribution < 1.29 is 24.2 Å². The summed E-state index contributed by atoms with van der Waals surface area (Å²) in [6, 6.07) is 5.11. The largest absolute Gasteiger partial charge is 0.478 e. The molecule has 0 aromatic heterocycles. The highest BCUT2D eigenvalue weighted by Gasteiger charge is 2.16. The van der Waals surface area contributed by atoms with E-state index in [0.717, 1.165) is 17.7 Å². The van der Waals surface area contributed by atoms with Gasteiger partial charge in [0, 0.05) is 12.2 Å². The first-order valence-corrected chi connectivity index (χ1v) is 5.67. The van der Waals surface area contributed by atoms with E-state index < -0.39 is 11.9 Å². The number of carbonyl (C=O) groups excluding carboxylic acids is 1. The van der Waals surface area contributed by atoms with E-state index in [-0.39, 0.29) is 12.8 Å². The molecule has 0 bridgehead atoms. The molecule has 6 nitrogen and oxygen atoms in total. The summed E-state index contributed by atoms with van der Waals surface area (Å²) in [4.78, 5) is 21.7. The minimum Gasteiger partial charge on any atom is -0.478 e. The van der Waals surface area contributed by atoms with Gasteiger partial charge in [-0.05, 0) is 24.6 Å². The van der Waals surface area contributed by atoms with Gasteiger partial charge in [0.05, 0.1) is 6.04 Å². The quantitative estimate of drug-likeness (QED) is 0.798. The maximum absolute atomic E-state index is 11.4. The minimum absolute atomic E-state index is 0.195. The van der Waals surface area contributed by atoms with Crippen LogP contribution in [0.15, 0.2) is 30.4 Å². The molecule has 1 aliphatic rings. The van der Waals surface area contributed by atoms with Crippen LogP contribution in [0.2, 0.25) is 0 Å². The second-order valence-corrected chi connectivity index (χ2v) is 4.01. The van der Waals surface area contributed by atoms with Crippen LogP contribution in [-0.4, -0.2) is 23.8 Å². The lowest BCUT2D eigenvalue weighted by molar-refractivity contribution is -0.131. The van der Waals surface area contributed by atoms with Crippen LogP contribution in [0.25, 0.3) is 0 Å². The van der Waals surface area contributed by atoms with E-state index in [4.69, 9.17) is 14.6 Å². The predicted octanol–water partition coefficient (Wildman–Crippen LogP) is 1.23. The number of hydrogen-bond acceptors (Lipinski definition) is 4. The average Bonchev–Trinajstić information content (AvgIpc) is 2.83. The van der Waals surface area contributed by atoms with Gasteiger partial charge < -0.3 is 19.9 Å². The number of amides is 1. The van der Waals surface area contributed by atoms with Gasteiger partial charge in [-0.2, -0.15) is 0 Å². The lowest BCUT2D eigenvalue weighted by atomic mass is 10.1. The molecule has 1 heterocycles. The second kappa shape index (κ2) is 5.43. The van der Waals surface area contributed by atoms with Gasteiger partial charge >= 0.3 is 5.97 Å². The summed E-state index contributed by atoms with van der Waals surface area (Å²) >= 11 is 0. The van der Waals surface area contributed by atoms with Crippen LogP contribution < -0.4 is 14.8 Å². The Kier molecular flexibility index (Phi) is 3.70. The van der Waals surface area contributed by atoms with Crippen LogP contribution in [0.1, 0.15) is 18.5 Å². The predicted molar refractivity (Wildman–Crippen MR) is 65.9 cm³/mol. The smallest absolute Gasteiger partial charge is 0.328 e. The molecule has 19 heavy (non-hydrogen) atoms. The monoisotopic (exact) mass is 263 g/mol. The van der Waals surface area contributed by atoms with Gasteiger partial charge in [0.25, 0.3) is 0 Å². The number of benzene rings is 1. The summed E-state index contributed by atoms with van der Waals surface area (Å²) in [6.07, 6.45) is 1.77. The summed E-state index contributed by atoms with van der Waals surface area (Å²) in [6.45, 7) is 1.99. The lowest BCUT2D eigenvalue weighted by Gasteiger charge is -2.13. The van der Waals surface area contributed by atoms with Crippen molar-refractivity contribution in [3.05, 3.63) is 35.9 Å². The SMILES string of the molecule is CC(NC(=O)/C=C/C(=O)O)c1ccc2c(c1)OCO2. The molecule has 2 N–H and O–H groups in total. The number of rotatable bonds is 4. The molecule has 0 saturated carbocycles. The minimum atomic E-state index is -1.16. The second-order valence-electron chi connectivity index (χ2n) is 4.01. The molecule has 0 saturated heterocycles. The number of hydrogen-bond donors (Lipinski definition) is 2. The Bertz CT molecular complexity index is 538. The van der Waals surface area contributed by atoms with E-state index in [1.54, 1.807) is 19.1 Å². The number of aliphatic carboxylic acids is 1. The third kappa shape index (κ3) is 3.25. The highest BCUT2D eigenvalue weighted by Crippen LogP contribution is 2.34.